The van der Waals surface area contributed by atoms with Gasteiger partial charge in [-0.05, 0) is 135 Å². The van der Waals surface area contributed by atoms with E-state index < -0.39 is 0 Å². The highest BCUT2D eigenvalue weighted by atomic mass is 15.1. The van der Waals surface area contributed by atoms with Crippen LogP contribution >= 0.6 is 0 Å². The standard InChI is InChI=1S/C57H40N2/c1-3-13-39(14-4-1)40-23-28-46(29-24-40)58(48-32-33-50-49-19-9-11-21-53(49)57(54(50)36-48)37-43-15-7-8-16-44(43)38-57)47-30-25-41(26-31-47)42-27-34-56-52(35-42)51-20-10-12-22-55(51)59(56)45-17-5-2-6-18-45/h1-36H,37-38H2. The van der Waals surface area contributed by atoms with Gasteiger partial charge in [0.1, 0.15) is 0 Å². The zero-order chi connectivity index (χ0) is 38.9. The van der Waals surface area contributed by atoms with Crippen molar-refractivity contribution in [3.05, 3.63) is 241 Å². The SMILES string of the molecule is c1ccc(-c2ccc(N(c3ccc(-c4ccc5c(c4)c4ccccc4n5-c4ccccc4)cc3)c3ccc4c(c3)C3(Cc5ccccc5C3)c3ccccc3-4)cc2)cc1. The van der Waals surface area contributed by atoms with Gasteiger partial charge >= 0.3 is 0 Å². The molecule has 1 heterocycles. The molecule has 0 radical (unpaired) electrons. The van der Waals surface area contributed by atoms with Crippen molar-refractivity contribution in [2.45, 2.75) is 18.3 Å². The van der Waals surface area contributed by atoms with Crippen LogP contribution in [0.5, 0.6) is 0 Å². The molecule has 9 aromatic carbocycles. The van der Waals surface area contributed by atoms with Crippen LogP contribution in [0.4, 0.5) is 17.1 Å². The van der Waals surface area contributed by atoms with Crippen molar-refractivity contribution < 1.29 is 0 Å². The molecule has 10 aromatic rings. The Morgan fingerprint density at radius 3 is 1.61 bits per heavy atom. The molecule has 2 aliphatic carbocycles. The minimum Gasteiger partial charge on any atom is -0.310 e. The fourth-order valence-electron chi connectivity index (χ4n) is 10.3. The zero-order valence-corrected chi connectivity index (χ0v) is 32.6. The van der Waals surface area contributed by atoms with E-state index in [0.717, 1.165) is 24.2 Å². The number of nitrogens with zero attached hydrogens (tertiary/aromatic N) is 2. The molecule has 12 rings (SSSR count). The van der Waals surface area contributed by atoms with Crippen LogP contribution in [-0.4, -0.2) is 4.57 Å². The van der Waals surface area contributed by atoms with E-state index in [4.69, 9.17) is 0 Å². The molecule has 2 nitrogen and oxygen atoms in total. The monoisotopic (exact) mass is 752 g/mol. The molecule has 2 heteroatoms. The second-order valence-electron chi connectivity index (χ2n) is 16.2. The first-order chi connectivity index (χ1) is 29.2. The lowest BCUT2D eigenvalue weighted by atomic mass is 9.75. The van der Waals surface area contributed by atoms with Crippen molar-refractivity contribution in [3.63, 3.8) is 0 Å². The van der Waals surface area contributed by atoms with Gasteiger partial charge in [-0.2, -0.15) is 0 Å². The molecule has 2 aliphatic rings. The van der Waals surface area contributed by atoms with Gasteiger partial charge in [0, 0.05) is 38.9 Å². The van der Waals surface area contributed by atoms with Crippen LogP contribution in [0.2, 0.25) is 0 Å². The Balaban J connectivity index is 0.975. The van der Waals surface area contributed by atoms with Crippen LogP contribution in [0.25, 0.3) is 60.9 Å². The fourth-order valence-corrected chi connectivity index (χ4v) is 10.3. The molecular weight excluding hydrogens is 713 g/mol. The lowest BCUT2D eigenvalue weighted by molar-refractivity contribution is 0.563. The normalized spacial score (nSPS) is 13.4. The van der Waals surface area contributed by atoms with Gasteiger partial charge in [0.15, 0.2) is 0 Å². The average Bonchev–Trinajstić information content (AvgIpc) is 3.95. The van der Waals surface area contributed by atoms with E-state index in [9.17, 15) is 0 Å². The first kappa shape index (κ1) is 33.7. The second kappa shape index (κ2) is 13.3. The molecule has 59 heavy (non-hydrogen) atoms. The van der Waals surface area contributed by atoms with Crippen molar-refractivity contribution in [1.82, 2.24) is 4.57 Å². The molecule has 0 fully saturated rings. The largest absolute Gasteiger partial charge is 0.310 e. The van der Waals surface area contributed by atoms with Gasteiger partial charge in [0.2, 0.25) is 0 Å². The van der Waals surface area contributed by atoms with E-state index in [0.29, 0.717) is 0 Å². The summed E-state index contributed by atoms with van der Waals surface area (Å²) in [6, 6.07) is 80.6. The summed E-state index contributed by atoms with van der Waals surface area (Å²) < 4.78 is 2.38. The smallest absolute Gasteiger partial charge is 0.0541 e. The summed E-state index contributed by atoms with van der Waals surface area (Å²) in [5.41, 5.74) is 20.3. The summed E-state index contributed by atoms with van der Waals surface area (Å²) in [5, 5.41) is 2.52. The molecule has 0 unspecified atom stereocenters. The minimum absolute atomic E-state index is 0.0827. The molecule has 0 atom stereocenters. The van der Waals surface area contributed by atoms with Gasteiger partial charge < -0.3 is 9.47 Å². The number of fused-ring (bicyclic) bond motifs is 9. The van der Waals surface area contributed by atoms with Gasteiger partial charge in [0.05, 0.1) is 11.0 Å². The fraction of sp³-hybridized carbons (Fsp3) is 0.0526. The molecule has 1 spiro atoms. The summed E-state index contributed by atoms with van der Waals surface area (Å²) in [6.45, 7) is 0. The third kappa shape index (κ3) is 5.34. The maximum Gasteiger partial charge on any atom is 0.0541 e. The number of aromatic nitrogens is 1. The van der Waals surface area contributed by atoms with Crippen LogP contribution < -0.4 is 4.90 Å². The molecule has 0 bridgehead atoms. The Kier molecular flexibility index (Phi) is 7.61. The molecule has 0 N–H and O–H groups in total. The van der Waals surface area contributed by atoms with Crippen LogP contribution in [0.15, 0.2) is 218 Å². The van der Waals surface area contributed by atoms with E-state index in [1.807, 2.05) is 0 Å². The molecule has 1 aromatic heterocycles. The van der Waals surface area contributed by atoms with Gasteiger partial charge in [-0.15, -0.1) is 0 Å². The first-order valence-electron chi connectivity index (χ1n) is 20.7. The highest BCUT2D eigenvalue weighted by Gasteiger charge is 2.47. The Bertz CT molecular complexity index is 3170. The van der Waals surface area contributed by atoms with E-state index in [1.165, 1.54) is 88.8 Å². The molecule has 0 saturated heterocycles. The summed E-state index contributed by atoms with van der Waals surface area (Å²) >= 11 is 0. The quantitative estimate of drug-likeness (QED) is 0.164. The van der Waals surface area contributed by atoms with E-state index >= 15 is 0 Å². The Morgan fingerprint density at radius 1 is 0.356 bits per heavy atom. The van der Waals surface area contributed by atoms with E-state index in [-0.39, 0.29) is 5.41 Å². The first-order valence-corrected chi connectivity index (χ1v) is 20.7. The summed E-state index contributed by atoms with van der Waals surface area (Å²) in [6.07, 6.45) is 2.04. The lowest BCUT2D eigenvalue weighted by Crippen LogP contribution is -2.26. The maximum absolute atomic E-state index is 2.50. The van der Waals surface area contributed by atoms with Gasteiger partial charge in [-0.25, -0.2) is 0 Å². The molecule has 0 amide bonds. The topological polar surface area (TPSA) is 8.17 Å². The van der Waals surface area contributed by atoms with Crippen LogP contribution in [-0.2, 0) is 18.3 Å². The van der Waals surface area contributed by atoms with Crippen molar-refractivity contribution in [3.8, 4) is 39.1 Å². The van der Waals surface area contributed by atoms with Crippen LogP contribution in [0.1, 0.15) is 22.3 Å². The molecule has 0 aliphatic heterocycles. The van der Waals surface area contributed by atoms with Gasteiger partial charge in [-0.1, -0.05) is 152 Å². The number of anilines is 3. The van der Waals surface area contributed by atoms with Crippen LogP contribution in [0, 0.1) is 0 Å². The Hall–Kier alpha value is -7.42. The van der Waals surface area contributed by atoms with Crippen molar-refractivity contribution in [2.24, 2.45) is 0 Å². The summed E-state index contributed by atoms with van der Waals surface area (Å²) in [5.74, 6) is 0. The summed E-state index contributed by atoms with van der Waals surface area (Å²) in [7, 11) is 0. The van der Waals surface area contributed by atoms with Gasteiger partial charge in [-0.3, -0.25) is 0 Å². The predicted molar refractivity (Wildman–Crippen MR) is 246 cm³/mol. The minimum atomic E-state index is -0.0827. The maximum atomic E-state index is 2.50. The molecule has 0 saturated carbocycles. The lowest BCUT2D eigenvalue weighted by Gasteiger charge is -2.30. The highest BCUT2D eigenvalue weighted by Crippen LogP contribution is 2.56. The number of rotatable bonds is 6. The Labute approximate surface area is 344 Å². The summed E-state index contributed by atoms with van der Waals surface area (Å²) in [4.78, 5) is 2.44. The zero-order valence-electron chi connectivity index (χ0n) is 32.6. The molecule has 278 valence electrons. The third-order valence-corrected chi connectivity index (χ3v) is 13.0. The Morgan fingerprint density at radius 2 is 0.881 bits per heavy atom. The average molecular weight is 753 g/mol. The van der Waals surface area contributed by atoms with Crippen molar-refractivity contribution >= 4 is 38.9 Å². The second-order valence-corrected chi connectivity index (χ2v) is 16.2. The van der Waals surface area contributed by atoms with E-state index in [1.54, 1.807) is 0 Å². The van der Waals surface area contributed by atoms with E-state index in [2.05, 4.69) is 228 Å². The number of hydrogen-bond donors (Lipinski definition) is 0. The van der Waals surface area contributed by atoms with Crippen LogP contribution in [0.3, 0.4) is 0 Å². The van der Waals surface area contributed by atoms with Crippen molar-refractivity contribution in [1.29, 1.82) is 0 Å². The number of hydrogen-bond acceptors (Lipinski definition) is 1. The third-order valence-electron chi connectivity index (χ3n) is 13.0. The van der Waals surface area contributed by atoms with Crippen molar-refractivity contribution in [2.75, 3.05) is 4.90 Å². The predicted octanol–water partition coefficient (Wildman–Crippen LogP) is 14.7. The van der Waals surface area contributed by atoms with Gasteiger partial charge in [0.25, 0.3) is 0 Å². The number of para-hydroxylation sites is 2. The number of benzene rings is 9. The molecular formula is C57H40N2. The highest BCUT2D eigenvalue weighted by molar-refractivity contribution is 6.10.